The molecule has 0 spiro atoms. The van der Waals surface area contributed by atoms with E-state index in [2.05, 4.69) is 0 Å². The van der Waals surface area contributed by atoms with Crippen molar-refractivity contribution in [2.45, 2.75) is 30.0 Å². The first-order valence-corrected chi connectivity index (χ1v) is 9.49. The molecule has 2 rings (SSSR count). The topological polar surface area (TPSA) is 77.9 Å². The van der Waals surface area contributed by atoms with Crippen molar-refractivity contribution in [1.82, 2.24) is 9.21 Å². The summed E-state index contributed by atoms with van der Waals surface area (Å²) in [5, 5.41) is 9.68. The van der Waals surface area contributed by atoms with E-state index in [1.165, 1.54) is 24.3 Å². The minimum absolute atomic E-state index is 0.00443. The number of rotatable bonds is 4. The summed E-state index contributed by atoms with van der Waals surface area (Å²) >= 11 is 5.80. The molecule has 0 saturated carbocycles. The molecule has 1 atom stereocenters. The number of nitrogens with zero attached hydrogens (tertiary/aromatic N) is 2. The highest BCUT2D eigenvalue weighted by molar-refractivity contribution is 7.89. The molecule has 0 bridgehead atoms. The van der Waals surface area contributed by atoms with Gasteiger partial charge in [-0.15, -0.1) is 0 Å². The number of carbonyl (C=O) groups is 1. The van der Waals surface area contributed by atoms with Gasteiger partial charge in [0.1, 0.15) is 0 Å². The lowest BCUT2D eigenvalue weighted by Gasteiger charge is -2.35. The monoisotopic (exact) mass is 414 g/mol. The molecule has 0 aliphatic carbocycles. The summed E-state index contributed by atoms with van der Waals surface area (Å²) < 4.78 is 64.3. The third kappa shape index (κ3) is 4.48. The average Bonchev–Trinajstić information content (AvgIpc) is 2.53. The van der Waals surface area contributed by atoms with Gasteiger partial charge in [0.05, 0.1) is 11.3 Å². The third-order valence-corrected chi connectivity index (χ3v) is 6.26. The maximum atomic E-state index is 12.7. The van der Waals surface area contributed by atoms with Crippen molar-refractivity contribution >= 4 is 27.5 Å². The first kappa shape index (κ1) is 20.9. The normalized spacial score (nSPS) is 19.2. The fourth-order valence-electron chi connectivity index (χ4n) is 2.46. The number of amides is 1. The number of halogens is 4. The summed E-state index contributed by atoms with van der Waals surface area (Å²) in [4.78, 5) is 13.1. The highest BCUT2D eigenvalue weighted by atomic mass is 35.5. The Kier molecular flexibility index (Phi) is 5.91. The number of piperazine rings is 1. The number of sulfonamides is 1. The molecule has 146 valence electrons. The number of hydrogen-bond acceptors (Lipinski definition) is 4. The minimum Gasteiger partial charge on any atom is -0.380 e. The van der Waals surface area contributed by atoms with Crippen molar-refractivity contribution in [3.63, 3.8) is 0 Å². The van der Waals surface area contributed by atoms with Crippen molar-refractivity contribution < 1.29 is 31.5 Å². The van der Waals surface area contributed by atoms with E-state index < -0.39 is 34.1 Å². The fourth-order valence-corrected chi connectivity index (χ4v) is 4.18. The van der Waals surface area contributed by atoms with Crippen LogP contribution in [0.4, 0.5) is 13.2 Å². The molecule has 26 heavy (non-hydrogen) atoms. The Morgan fingerprint density at radius 2 is 1.81 bits per heavy atom. The summed E-state index contributed by atoms with van der Waals surface area (Å²) in [6, 6.07) is 5.71. The van der Waals surface area contributed by atoms with E-state index in [4.69, 9.17) is 11.6 Å². The minimum atomic E-state index is -4.93. The van der Waals surface area contributed by atoms with Crippen LogP contribution in [-0.4, -0.2) is 66.6 Å². The number of carbonyl (C=O) groups excluding carboxylic acids is 1. The van der Waals surface area contributed by atoms with Gasteiger partial charge in [0, 0.05) is 31.2 Å². The van der Waals surface area contributed by atoms with E-state index in [-0.39, 0.29) is 36.1 Å². The van der Waals surface area contributed by atoms with Crippen LogP contribution in [0.3, 0.4) is 0 Å². The first-order chi connectivity index (χ1) is 11.8. The van der Waals surface area contributed by atoms with Crippen LogP contribution in [0.5, 0.6) is 0 Å². The Morgan fingerprint density at radius 1 is 1.23 bits per heavy atom. The zero-order valence-corrected chi connectivity index (χ0v) is 15.4. The predicted molar refractivity (Wildman–Crippen MR) is 88.1 cm³/mol. The van der Waals surface area contributed by atoms with E-state index in [9.17, 15) is 31.5 Å². The summed E-state index contributed by atoms with van der Waals surface area (Å²) in [5.41, 5.74) is -3.13. The van der Waals surface area contributed by atoms with Crippen molar-refractivity contribution in [3.05, 3.63) is 29.3 Å². The van der Waals surface area contributed by atoms with Gasteiger partial charge in [0.15, 0.2) is 5.60 Å². The van der Waals surface area contributed by atoms with Crippen LogP contribution < -0.4 is 0 Å². The highest BCUT2D eigenvalue weighted by Gasteiger charge is 2.51. The number of alkyl halides is 3. The SMILES string of the molecule is C[C@](O)(CC(=O)N1CCN(S(=O)(=O)c2cccc(Cl)c2)CC1)C(F)(F)F. The van der Waals surface area contributed by atoms with Crippen molar-refractivity contribution in [2.24, 2.45) is 0 Å². The van der Waals surface area contributed by atoms with Crippen LogP contribution in [0.25, 0.3) is 0 Å². The molecule has 1 heterocycles. The smallest absolute Gasteiger partial charge is 0.380 e. The summed E-state index contributed by atoms with van der Waals surface area (Å²) in [7, 11) is -3.81. The van der Waals surface area contributed by atoms with Crippen LogP contribution >= 0.6 is 11.6 Å². The van der Waals surface area contributed by atoms with Gasteiger partial charge < -0.3 is 10.0 Å². The number of benzene rings is 1. The van der Waals surface area contributed by atoms with Gasteiger partial charge in [-0.1, -0.05) is 17.7 Å². The summed E-state index contributed by atoms with van der Waals surface area (Å²) in [5.74, 6) is -0.882. The van der Waals surface area contributed by atoms with Crippen LogP contribution in [0.1, 0.15) is 13.3 Å². The van der Waals surface area contributed by atoms with Gasteiger partial charge >= 0.3 is 6.18 Å². The second kappa shape index (κ2) is 7.34. The van der Waals surface area contributed by atoms with Crippen LogP contribution in [-0.2, 0) is 14.8 Å². The second-order valence-corrected chi connectivity index (χ2v) is 8.57. The maximum Gasteiger partial charge on any atom is 0.417 e. The molecule has 6 nitrogen and oxygen atoms in total. The van der Waals surface area contributed by atoms with Crippen molar-refractivity contribution in [2.75, 3.05) is 26.2 Å². The predicted octanol–water partition coefficient (Wildman–Crippen LogP) is 1.88. The number of aliphatic hydroxyl groups is 1. The van der Waals surface area contributed by atoms with Gasteiger partial charge in [0.25, 0.3) is 0 Å². The van der Waals surface area contributed by atoms with Gasteiger partial charge in [-0.3, -0.25) is 4.79 Å². The third-order valence-electron chi connectivity index (χ3n) is 4.13. The molecular formula is C15H18ClF3N2O4S. The lowest BCUT2D eigenvalue weighted by molar-refractivity contribution is -0.254. The molecule has 1 amide bonds. The van der Waals surface area contributed by atoms with Crippen LogP contribution in [0, 0.1) is 0 Å². The van der Waals surface area contributed by atoms with E-state index in [1.54, 1.807) is 0 Å². The molecular weight excluding hydrogens is 397 g/mol. The van der Waals surface area contributed by atoms with Crippen molar-refractivity contribution in [3.8, 4) is 0 Å². The molecule has 1 aliphatic heterocycles. The molecule has 1 fully saturated rings. The van der Waals surface area contributed by atoms with Gasteiger partial charge in [-0.05, 0) is 25.1 Å². The van der Waals surface area contributed by atoms with Crippen LogP contribution in [0.15, 0.2) is 29.2 Å². The Hall–Kier alpha value is -1.36. The number of hydrogen-bond donors (Lipinski definition) is 1. The molecule has 1 saturated heterocycles. The van der Waals surface area contributed by atoms with Crippen molar-refractivity contribution in [1.29, 1.82) is 0 Å². The lowest BCUT2D eigenvalue weighted by atomic mass is 10.0. The maximum absolute atomic E-state index is 12.7. The second-order valence-electron chi connectivity index (χ2n) is 6.19. The quantitative estimate of drug-likeness (QED) is 0.816. The molecule has 1 aromatic carbocycles. The van der Waals surface area contributed by atoms with E-state index >= 15 is 0 Å². The first-order valence-electron chi connectivity index (χ1n) is 7.67. The average molecular weight is 415 g/mol. The van der Waals surface area contributed by atoms with Crippen LogP contribution in [0.2, 0.25) is 5.02 Å². The molecule has 11 heteroatoms. The Morgan fingerprint density at radius 3 is 2.31 bits per heavy atom. The Labute approximate surface area is 154 Å². The van der Waals surface area contributed by atoms with Gasteiger partial charge in [-0.2, -0.15) is 17.5 Å². The van der Waals surface area contributed by atoms with E-state index in [1.807, 2.05) is 0 Å². The molecule has 0 unspecified atom stereocenters. The largest absolute Gasteiger partial charge is 0.417 e. The standard InChI is InChI=1S/C15H18ClF3N2O4S/c1-14(23,15(17,18)19)10-13(22)20-5-7-21(8-6-20)26(24,25)12-4-2-3-11(16)9-12/h2-4,9,23H,5-8,10H2,1H3/t14-/m0/s1. The zero-order chi connectivity index (χ0) is 19.8. The summed E-state index contributed by atoms with van der Waals surface area (Å²) in [6.45, 7) is 0.285. The molecule has 1 N–H and O–H groups in total. The zero-order valence-electron chi connectivity index (χ0n) is 13.8. The summed E-state index contributed by atoms with van der Waals surface area (Å²) in [6.07, 6.45) is -6.04. The molecule has 1 aliphatic rings. The molecule has 0 radical (unpaired) electrons. The Bertz CT molecular complexity index is 775. The van der Waals surface area contributed by atoms with Gasteiger partial charge in [0.2, 0.25) is 15.9 Å². The molecule has 1 aromatic rings. The highest BCUT2D eigenvalue weighted by Crippen LogP contribution is 2.33. The Balaban J connectivity index is 2.02. The lowest BCUT2D eigenvalue weighted by Crippen LogP contribution is -2.53. The van der Waals surface area contributed by atoms with Gasteiger partial charge in [-0.25, -0.2) is 8.42 Å². The fraction of sp³-hybridized carbons (Fsp3) is 0.533. The van der Waals surface area contributed by atoms with E-state index in [0.29, 0.717) is 6.92 Å². The molecule has 0 aromatic heterocycles. The van der Waals surface area contributed by atoms with E-state index in [0.717, 1.165) is 9.21 Å².